The third kappa shape index (κ3) is 6.29. The fraction of sp³-hybridized carbons (Fsp3) is 0.207. The number of nitrogen functional groups attached to an aromatic ring is 1. The predicted molar refractivity (Wildman–Crippen MR) is 157 cm³/mol. The van der Waals surface area contributed by atoms with E-state index in [9.17, 15) is 9.59 Å². The second kappa shape index (κ2) is 12.1. The molecule has 3 aromatic carbocycles. The minimum Gasteiger partial charge on any atom is -0.439 e. The van der Waals surface area contributed by atoms with Crippen LogP contribution in [0.4, 0.5) is 11.4 Å². The molecule has 2 amide bonds. The van der Waals surface area contributed by atoms with Crippen LogP contribution in [0.25, 0.3) is 22.6 Å². The van der Waals surface area contributed by atoms with Gasteiger partial charge in [-0.05, 0) is 12.1 Å². The zero-order valence-electron chi connectivity index (χ0n) is 21.5. The van der Waals surface area contributed by atoms with Crippen LogP contribution in [0.1, 0.15) is 5.89 Å². The Kier molecular flexibility index (Phi) is 8.37. The third-order valence-electron chi connectivity index (χ3n) is 6.69. The van der Waals surface area contributed by atoms with Gasteiger partial charge in [0.05, 0.1) is 28.8 Å². The summed E-state index contributed by atoms with van der Waals surface area (Å²) in [7, 11) is 0. The van der Waals surface area contributed by atoms with Crippen molar-refractivity contribution in [2.45, 2.75) is 12.6 Å². The third-order valence-corrected chi connectivity index (χ3v) is 7.29. The molecule has 11 heteroatoms. The molecule has 1 aliphatic rings. The summed E-state index contributed by atoms with van der Waals surface area (Å²) in [6.45, 7) is 1.64. The van der Waals surface area contributed by atoms with E-state index < -0.39 is 11.9 Å². The Morgan fingerprint density at radius 2 is 1.60 bits per heavy atom. The van der Waals surface area contributed by atoms with E-state index in [0.717, 1.165) is 16.8 Å². The summed E-state index contributed by atoms with van der Waals surface area (Å²) in [5.41, 5.74) is 14.8. The van der Waals surface area contributed by atoms with Crippen LogP contribution < -0.4 is 16.8 Å². The monoisotopic (exact) mass is 578 g/mol. The van der Waals surface area contributed by atoms with Crippen molar-refractivity contribution in [2.75, 3.05) is 37.2 Å². The first-order valence-electron chi connectivity index (χ1n) is 12.7. The molecule has 1 aromatic heterocycles. The Morgan fingerprint density at radius 3 is 2.23 bits per heavy atom. The number of anilines is 2. The van der Waals surface area contributed by atoms with Crippen LogP contribution in [0.3, 0.4) is 0 Å². The smallest absolute Gasteiger partial charge is 0.238 e. The molecule has 5 N–H and O–H groups in total. The molecule has 0 aliphatic carbocycles. The highest BCUT2D eigenvalue weighted by Crippen LogP contribution is 2.34. The van der Waals surface area contributed by atoms with Crippen LogP contribution in [0.5, 0.6) is 0 Å². The fourth-order valence-corrected chi connectivity index (χ4v) is 5.35. The van der Waals surface area contributed by atoms with E-state index >= 15 is 0 Å². The van der Waals surface area contributed by atoms with Gasteiger partial charge in [-0.3, -0.25) is 19.4 Å². The fourth-order valence-electron chi connectivity index (χ4n) is 4.76. The summed E-state index contributed by atoms with van der Waals surface area (Å²) < 4.78 is 6.26. The van der Waals surface area contributed by atoms with Crippen LogP contribution in [0.15, 0.2) is 77.2 Å². The molecule has 5 rings (SSSR count). The van der Waals surface area contributed by atoms with Crippen molar-refractivity contribution in [3.63, 3.8) is 0 Å². The number of oxazole rings is 1. The number of nitrogens with one attached hydrogen (secondary N) is 1. The molecule has 1 saturated heterocycles. The second-order valence-electron chi connectivity index (χ2n) is 9.55. The van der Waals surface area contributed by atoms with E-state index in [2.05, 4.69) is 5.32 Å². The maximum absolute atomic E-state index is 12.8. The first-order valence-corrected chi connectivity index (χ1v) is 13.4. The molecule has 1 aliphatic heterocycles. The van der Waals surface area contributed by atoms with Gasteiger partial charge in [0.2, 0.25) is 17.7 Å². The number of carbonyl (C=O) groups excluding carboxylic acids is 2. The number of nitrogens with two attached hydrogens (primary N) is 2. The Balaban J connectivity index is 1.29. The summed E-state index contributed by atoms with van der Waals surface area (Å²) in [6.07, 6.45) is 0. The van der Waals surface area contributed by atoms with Crippen molar-refractivity contribution >= 4 is 46.4 Å². The number of aromatic nitrogens is 1. The lowest BCUT2D eigenvalue weighted by Crippen LogP contribution is -2.59. The molecular formula is C29H28Cl2N6O3. The Morgan fingerprint density at radius 1 is 0.975 bits per heavy atom. The SMILES string of the molecule is NC(=O)[C@H]1CN(Cc2nc(-c3ccccc3)c(-c3ccccc3)o2)CCN1CC(=O)Nc1c(Cl)cc(N)cc1Cl. The second-order valence-corrected chi connectivity index (χ2v) is 10.4. The van der Waals surface area contributed by atoms with Gasteiger partial charge < -0.3 is 21.2 Å². The average Bonchev–Trinajstić information content (AvgIpc) is 3.36. The van der Waals surface area contributed by atoms with E-state index in [0.29, 0.717) is 43.5 Å². The normalized spacial score (nSPS) is 16.1. The number of hydrogen-bond donors (Lipinski definition) is 3. The molecule has 40 heavy (non-hydrogen) atoms. The van der Waals surface area contributed by atoms with Crippen LogP contribution in [-0.2, 0) is 16.1 Å². The number of benzene rings is 3. The van der Waals surface area contributed by atoms with E-state index in [1.54, 1.807) is 4.90 Å². The Bertz CT molecular complexity index is 1430. The average molecular weight is 579 g/mol. The molecule has 1 fully saturated rings. The Hall–Kier alpha value is -3.89. The number of nitrogens with zero attached hydrogens (tertiary/aromatic N) is 3. The van der Waals surface area contributed by atoms with Gasteiger partial charge in [-0.1, -0.05) is 83.9 Å². The molecule has 0 unspecified atom stereocenters. The molecular weight excluding hydrogens is 551 g/mol. The largest absolute Gasteiger partial charge is 0.439 e. The highest BCUT2D eigenvalue weighted by molar-refractivity contribution is 6.40. The minimum atomic E-state index is -0.686. The molecule has 0 radical (unpaired) electrons. The maximum Gasteiger partial charge on any atom is 0.238 e. The number of amides is 2. The van der Waals surface area contributed by atoms with Crippen molar-refractivity contribution in [1.29, 1.82) is 0 Å². The van der Waals surface area contributed by atoms with E-state index in [4.69, 9.17) is 44.1 Å². The van der Waals surface area contributed by atoms with Crippen molar-refractivity contribution < 1.29 is 14.0 Å². The lowest BCUT2D eigenvalue weighted by Gasteiger charge is -2.39. The van der Waals surface area contributed by atoms with Crippen LogP contribution in [0.2, 0.25) is 10.0 Å². The van der Waals surface area contributed by atoms with Gasteiger partial charge in [0, 0.05) is 36.4 Å². The van der Waals surface area contributed by atoms with Crippen molar-refractivity contribution in [1.82, 2.24) is 14.8 Å². The summed E-state index contributed by atoms with van der Waals surface area (Å²) in [5, 5.41) is 3.17. The topological polar surface area (TPSA) is 131 Å². The van der Waals surface area contributed by atoms with Crippen LogP contribution in [0, 0.1) is 0 Å². The highest BCUT2D eigenvalue weighted by Gasteiger charge is 2.33. The van der Waals surface area contributed by atoms with Crippen molar-refractivity contribution in [2.24, 2.45) is 5.73 Å². The number of primary amides is 1. The van der Waals surface area contributed by atoms with Crippen LogP contribution in [-0.4, -0.2) is 58.8 Å². The standard InChI is InChI=1S/C29H28Cl2N6O3/c30-21-13-20(32)14-22(31)27(21)34-24(38)16-37-12-11-36(15-23(37)29(33)39)17-25-35-26(18-7-3-1-4-8-18)28(40-25)19-9-5-2-6-10-19/h1-10,13-14,23H,11-12,15-17,32H2,(H2,33,39)(H,34,38)/t23-/m1/s1. The number of hydrogen-bond acceptors (Lipinski definition) is 7. The van der Waals surface area contributed by atoms with Gasteiger partial charge in [0.25, 0.3) is 0 Å². The van der Waals surface area contributed by atoms with Gasteiger partial charge in [-0.15, -0.1) is 0 Å². The van der Waals surface area contributed by atoms with Gasteiger partial charge >= 0.3 is 0 Å². The number of halogens is 2. The quantitative estimate of drug-likeness (QED) is 0.262. The predicted octanol–water partition coefficient (Wildman–Crippen LogP) is 4.51. The molecule has 9 nitrogen and oxygen atoms in total. The summed E-state index contributed by atoms with van der Waals surface area (Å²) >= 11 is 12.4. The van der Waals surface area contributed by atoms with Crippen molar-refractivity contribution in [3.8, 4) is 22.6 Å². The lowest BCUT2D eigenvalue weighted by molar-refractivity contribution is -0.128. The van der Waals surface area contributed by atoms with E-state index in [1.165, 1.54) is 12.1 Å². The maximum atomic E-state index is 12.8. The first-order chi connectivity index (χ1) is 19.3. The van der Waals surface area contributed by atoms with Crippen molar-refractivity contribution in [3.05, 3.63) is 88.7 Å². The zero-order valence-corrected chi connectivity index (χ0v) is 23.0. The molecule has 0 saturated carbocycles. The lowest BCUT2D eigenvalue weighted by atomic mass is 10.1. The zero-order chi connectivity index (χ0) is 28.2. The molecule has 4 aromatic rings. The van der Waals surface area contributed by atoms with Gasteiger partial charge in [0.15, 0.2) is 5.76 Å². The van der Waals surface area contributed by atoms with E-state index in [-0.39, 0.29) is 28.2 Å². The highest BCUT2D eigenvalue weighted by atomic mass is 35.5. The number of piperazine rings is 1. The first kappa shape index (κ1) is 27.7. The molecule has 1 atom stereocenters. The summed E-state index contributed by atoms with van der Waals surface area (Å²) in [6, 6.07) is 22.0. The minimum absolute atomic E-state index is 0.0617. The molecule has 206 valence electrons. The van der Waals surface area contributed by atoms with Gasteiger partial charge in [-0.25, -0.2) is 4.98 Å². The van der Waals surface area contributed by atoms with E-state index in [1.807, 2.05) is 65.6 Å². The molecule has 0 spiro atoms. The number of carbonyl (C=O) groups is 2. The van der Waals surface area contributed by atoms with Gasteiger partial charge in [-0.2, -0.15) is 0 Å². The summed E-state index contributed by atoms with van der Waals surface area (Å²) in [4.78, 5) is 33.8. The number of rotatable bonds is 8. The van der Waals surface area contributed by atoms with Gasteiger partial charge in [0.1, 0.15) is 11.7 Å². The summed E-state index contributed by atoms with van der Waals surface area (Å²) in [5.74, 6) is 0.313. The Labute approximate surface area is 241 Å². The molecule has 0 bridgehead atoms. The molecule has 2 heterocycles. The van der Waals surface area contributed by atoms with Crippen LogP contribution >= 0.6 is 23.2 Å².